The molecule has 126 valence electrons. The normalized spacial score (nSPS) is 11.3. The van der Waals surface area contributed by atoms with Crippen LogP contribution in [0, 0.1) is 6.92 Å². The smallest absolute Gasteiger partial charge is 0.230 e. The van der Waals surface area contributed by atoms with Gasteiger partial charge in [0.15, 0.2) is 0 Å². The van der Waals surface area contributed by atoms with Crippen LogP contribution in [-0.4, -0.2) is 41.0 Å². The number of hydrogen-bond acceptors (Lipinski definition) is 4. The van der Waals surface area contributed by atoms with E-state index in [4.69, 9.17) is 0 Å². The topological polar surface area (TPSA) is 50.2 Å². The van der Waals surface area contributed by atoms with Crippen molar-refractivity contribution in [2.45, 2.75) is 19.9 Å². The van der Waals surface area contributed by atoms with Gasteiger partial charge in [-0.05, 0) is 44.6 Å². The second-order valence-electron chi connectivity index (χ2n) is 6.17. The molecular weight excluding hydrogens is 320 g/mol. The molecule has 5 nitrogen and oxygen atoms in total. The Balaban J connectivity index is 1.72. The number of thiazole rings is 1. The number of aryl methyl sites for hydroxylation is 1. The number of amides is 1. The van der Waals surface area contributed by atoms with Gasteiger partial charge in [0.1, 0.15) is 0 Å². The molecule has 0 saturated carbocycles. The van der Waals surface area contributed by atoms with Crippen molar-refractivity contribution >= 4 is 33.8 Å². The van der Waals surface area contributed by atoms with Crippen molar-refractivity contribution in [3.63, 3.8) is 0 Å². The van der Waals surface area contributed by atoms with E-state index in [9.17, 15) is 4.79 Å². The Kier molecular flexibility index (Phi) is 4.97. The molecule has 0 spiro atoms. The first-order valence-corrected chi connectivity index (χ1v) is 8.84. The maximum atomic E-state index is 12.2. The van der Waals surface area contributed by atoms with Crippen LogP contribution in [0.2, 0.25) is 0 Å². The average Bonchev–Trinajstić information content (AvgIpc) is 3.11. The van der Waals surface area contributed by atoms with Gasteiger partial charge in [0.2, 0.25) is 5.91 Å². The van der Waals surface area contributed by atoms with E-state index in [0.717, 1.165) is 35.0 Å². The molecule has 0 bridgehead atoms. The predicted molar refractivity (Wildman–Crippen MR) is 99.7 cm³/mol. The summed E-state index contributed by atoms with van der Waals surface area (Å²) in [5, 5.41) is 7.08. The van der Waals surface area contributed by atoms with Crippen LogP contribution in [-0.2, 0) is 17.8 Å². The fourth-order valence-corrected chi connectivity index (χ4v) is 3.24. The lowest BCUT2D eigenvalue weighted by molar-refractivity contribution is -0.115. The van der Waals surface area contributed by atoms with E-state index in [1.54, 1.807) is 11.3 Å². The second-order valence-corrected chi connectivity index (χ2v) is 7.23. The van der Waals surface area contributed by atoms with Crippen molar-refractivity contribution in [1.82, 2.24) is 14.5 Å². The molecule has 0 radical (unpaired) electrons. The van der Waals surface area contributed by atoms with Gasteiger partial charge >= 0.3 is 0 Å². The molecule has 24 heavy (non-hydrogen) atoms. The summed E-state index contributed by atoms with van der Waals surface area (Å²) in [5.74, 6) is -0.0361. The minimum Gasteiger partial charge on any atom is -0.346 e. The molecule has 0 fully saturated rings. The Bertz CT molecular complexity index is 850. The third-order valence-corrected chi connectivity index (χ3v) is 4.68. The highest BCUT2D eigenvalue weighted by atomic mass is 32.1. The van der Waals surface area contributed by atoms with E-state index in [0.29, 0.717) is 6.42 Å². The van der Waals surface area contributed by atoms with E-state index in [1.807, 2.05) is 30.5 Å². The lowest BCUT2D eigenvalue weighted by atomic mass is 10.2. The Hall–Kier alpha value is -2.18. The maximum absolute atomic E-state index is 12.2. The van der Waals surface area contributed by atoms with Gasteiger partial charge in [-0.25, -0.2) is 4.98 Å². The summed E-state index contributed by atoms with van der Waals surface area (Å²) in [6.07, 6.45) is 2.40. The third kappa shape index (κ3) is 4.01. The molecule has 3 rings (SSSR count). The number of aromatic nitrogens is 2. The van der Waals surface area contributed by atoms with Gasteiger partial charge in [0.25, 0.3) is 0 Å². The predicted octanol–water partition coefficient (Wildman–Crippen LogP) is 3.15. The van der Waals surface area contributed by atoms with Crippen LogP contribution >= 0.6 is 11.3 Å². The summed E-state index contributed by atoms with van der Waals surface area (Å²) in [6, 6.07) is 8.14. The molecule has 0 aliphatic heterocycles. The first kappa shape index (κ1) is 16.7. The van der Waals surface area contributed by atoms with Crippen LogP contribution < -0.4 is 5.32 Å². The Morgan fingerprint density at radius 2 is 2.17 bits per heavy atom. The fraction of sp³-hybridized carbons (Fsp3) is 0.333. The monoisotopic (exact) mass is 342 g/mol. The van der Waals surface area contributed by atoms with Crippen LogP contribution in [0.3, 0.4) is 0 Å². The largest absolute Gasteiger partial charge is 0.346 e. The molecule has 0 aliphatic carbocycles. The fourth-order valence-electron chi connectivity index (χ4n) is 2.62. The number of nitrogens with one attached hydrogen (secondary N) is 1. The number of nitrogens with zero attached hydrogens (tertiary/aromatic N) is 3. The molecule has 3 aromatic rings. The van der Waals surface area contributed by atoms with Crippen molar-refractivity contribution in [2.24, 2.45) is 0 Å². The molecule has 0 unspecified atom stereocenters. The number of anilines is 1. The van der Waals surface area contributed by atoms with Gasteiger partial charge in [-0.1, -0.05) is 6.07 Å². The molecule has 0 atom stereocenters. The first-order chi connectivity index (χ1) is 11.5. The van der Waals surface area contributed by atoms with Gasteiger partial charge < -0.3 is 14.8 Å². The van der Waals surface area contributed by atoms with Crippen LogP contribution in [0.1, 0.15) is 10.7 Å². The van der Waals surface area contributed by atoms with Crippen molar-refractivity contribution in [1.29, 1.82) is 0 Å². The molecule has 2 aromatic heterocycles. The van der Waals surface area contributed by atoms with Crippen LogP contribution in [0.25, 0.3) is 10.9 Å². The average molecular weight is 342 g/mol. The van der Waals surface area contributed by atoms with E-state index in [2.05, 4.69) is 46.1 Å². The molecule has 1 N–H and O–H groups in total. The molecule has 0 saturated heterocycles. The second kappa shape index (κ2) is 7.15. The standard InChI is InChI=1S/C18H22N4OS/c1-13-19-16(12-24-13)11-18(23)20-15-5-4-14-6-7-22(17(14)10-15)9-8-21(2)3/h4-7,10,12H,8-9,11H2,1-3H3,(H,20,23). The summed E-state index contributed by atoms with van der Waals surface area (Å²) < 4.78 is 2.22. The van der Waals surface area contributed by atoms with Gasteiger partial charge in [-0.3, -0.25) is 4.79 Å². The lowest BCUT2D eigenvalue weighted by Gasteiger charge is -2.12. The lowest BCUT2D eigenvalue weighted by Crippen LogP contribution is -2.18. The number of benzene rings is 1. The van der Waals surface area contributed by atoms with E-state index in [-0.39, 0.29) is 5.91 Å². The number of likely N-dealkylation sites (N-methyl/N-ethyl adjacent to an activating group) is 1. The Labute approximate surface area is 145 Å². The van der Waals surface area contributed by atoms with Crippen LogP contribution in [0.15, 0.2) is 35.8 Å². The summed E-state index contributed by atoms with van der Waals surface area (Å²) in [5.41, 5.74) is 2.79. The highest BCUT2D eigenvalue weighted by Gasteiger charge is 2.08. The van der Waals surface area contributed by atoms with Gasteiger partial charge in [0.05, 0.1) is 22.6 Å². The highest BCUT2D eigenvalue weighted by Crippen LogP contribution is 2.21. The summed E-state index contributed by atoms with van der Waals surface area (Å²) >= 11 is 1.57. The SMILES string of the molecule is Cc1nc(CC(=O)Nc2ccc3ccn(CCN(C)C)c3c2)cs1. The molecule has 1 amide bonds. The Morgan fingerprint density at radius 1 is 1.33 bits per heavy atom. The first-order valence-electron chi connectivity index (χ1n) is 7.96. The zero-order valence-electron chi connectivity index (χ0n) is 14.2. The molecule has 6 heteroatoms. The van der Waals surface area contributed by atoms with Crippen molar-refractivity contribution < 1.29 is 4.79 Å². The maximum Gasteiger partial charge on any atom is 0.230 e. The highest BCUT2D eigenvalue weighted by molar-refractivity contribution is 7.09. The number of fused-ring (bicyclic) bond motifs is 1. The quantitative estimate of drug-likeness (QED) is 0.749. The number of carbonyl (C=O) groups excluding carboxylic acids is 1. The number of hydrogen-bond donors (Lipinski definition) is 1. The molecule has 2 heterocycles. The number of rotatable bonds is 6. The third-order valence-electron chi connectivity index (χ3n) is 3.85. The summed E-state index contributed by atoms with van der Waals surface area (Å²) in [6.45, 7) is 3.84. The van der Waals surface area contributed by atoms with Crippen LogP contribution in [0.5, 0.6) is 0 Å². The minimum absolute atomic E-state index is 0.0361. The summed E-state index contributed by atoms with van der Waals surface area (Å²) in [4.78, 5) is 18.7. The summed E-state index contributed by atoms with van der Waals surface area (Å²) in [7, 11) is 4.13. The van der Waals surface area contributed by atoms with Crippen LogP contribution in [0.4, 0.5) is 5.69 Å². The zero-order chi connectivity index (χ0) is 17.1. The molecule has 0 aliphatic rings. The van der Waals surface area contributed by atoms with E-state index < -0.39 is 0 Å². The minimum atomic E-state index is -0.0361. The van der Waals surface area contributed by atoms with Crippen molar-refractivity contribution in [3.8, 4) is 0 Å². The molecular formula is C18H22N4OS. The van der Waals surface area contributed by atoms with E-state index >= 15 is 0 Å². The number of carbonyl (C=O) groups is 1. The van der Waals surface area contributed by atoms with Gasteiger partial charge in [0, 0.05) is 30.4 Å². The van der Waals surface area contributed by atoms with Crippen molar-refractivity contribution in [2.75, 3.05) is 26.0 Å². The zero-order valence-corrected chi connectivity index (χ0v) is 15.1. The van der Waals surface area contributed by atoms with Gasteiger partial charge in [-0.15, -0.1) is 11.3 Å². The van der Waals surface area contributed by atoms with Crippen molar-refractivity contribution in [3.05, 3.63) is 46.5 Å². The van der Waals surface area contributed by atoms with Gasteiger partial charge in [-0.2, -0.15) is 0 Å². The Morgan fingerprint density at radius 3 is 2.88 bits per heavy atom. The molecule has 1 aromatic carbocycles. The van der Waals surface area contributed by atoms with E-state index in [1.165, 1.54) is 5.39 Å².